The summed E-state index contributed by atoms with van der Waals surface area (Å²) in [6, 6.07) is 1.70. The minimum atomic E-state index is -4.42. The summed E-state index contributed by atoms with van der Waals surface area (Å²) in [5, 5.41) is 0. The van der Waals surface area contributed by atoms with E-state index in [1.54, 1.807) is 0 Å². The van der Waals surface area contributed by atoms with Crippen molar-refractivity contribution in [3.8, 4) is 0 Å². The van der Waals surface area contributed by atoms with Crippen LogP contribution in [0.4, 0.5) is 17.6 Å². The first-order valence-electron chi connectivity index (χ1n) is 5.38. The number of hydrogen-bond acceptors (Lipinski definition) is 3. The van der Waals surface area contributed by atoms with E-state index in [1.807, 2.05) is 0 Å². The Morgan fingerprint density at radius 1 is 0.714 bits per heavy atom. The van der Waals surface area contributed by atoms with Gasteiger partial charge in [-0.05, 0) is 24.3 Å². The molecule has 0 radical (unpaired) electrons. The lowest BCUT2D eigenvalue weighted by Gasteiger charge is -2.19. The summed E-state index contributed by atoms with van der Waals surface area (Å²) in [6.45, 7) is 0. The molecule has 9 heteroatoms. The molecule has 3 nitrogen and oxygen atoms in total. The lowest BCUT2D eigenvalue weighted by molar-refractivity contribution is 0.494. The van der Waals surface area contributed by atoms with Crippen molar-refractivity contribution in [2.75, 3.05) is 0 Å². The minimum absolute atomic E-state index is 0.377. The van der Waals surface area contributed by atoms with Crippen LogP contribution in [-0.2, 0) is 20.6 Å². The lowest BCUT2D eigenvalue weighted by atomic mass is 10.3. The molecular formula is C12H4F4O3S2. The molecule has 0 fully saturated rings. The fourth-order valence-corrected chi connectivity index (χ4v) is 5.62. The maximum absolute atomic E-state index is 13.2. The van der Waals surface area contributed by atoms with Crippen molar-refractivity contribution in [3.63, 3.8) is 0 Å². The van der Waals surface area contributed by atoms with E-state index in [1.165, 1.54) is 0 Å². The molecule has 2 aromatic carbocycles. The van der Waals surface area contributed by atoms with Crippen LogP contribution in [0.15, 0.2) is 43.8 Å². The molecule has 0 aliphatic carbocycles. The van der Waals surface area contributed by atoms with Crippen LogP contribution < -0.4 is 0 Å². The first-order valence-corrected chi connectivity index (χ1v) is 8.01. The van der Waals surface area contributed by atoms with Gasteiger partial charge in [-0.1, -0.05) is 0 Å². The van der Waals surface area contributed by atoms with Gasteiger partial charge >= 0.3 is 0 Å². The Labute approximate surface area is 118 Å². The van der Waals surface area contributed by atoms with Gasteiger partial charge in [0.25, 0.3) is 0 Å². The Morgan fingerprint density at radius 2 is 1.05 bits per heavy atom. The number of hydrogen-bond donors (Lipinski definition) is 0. The third-order valence-corrected chi connectivity index (χ3v) is 6.52. The maximum atomic E-state index is 13.2. The standard InChI is InChI=1S/C12H4F4O3S2/c13-5-1-9-11(3-7(5)15)21(18,19)12-4-8(16)6(14)2-10(12)20(9)17/h1-4H. The normalized spacial score (nSPS) is 16.4. The number of halogens is 4. The zero-order valence-electron chi connectivity index (χ0n) is 9.86. The minimum Gasteiger partial charge on any atom is -0.249 e. The average molecular weight is 336 g/mol. The molecule has 2 aromatic rings. The highest BCUT2D eigenvalue weighted by molar-refractivity contribution is 7.95. The second-order valence-electron chi connectivity index (χ2n) is 4.20. The third kappa shape index (κ3) is 1.91. The van der Waals surface area contributed by atoms with Crippen LogP contribution in [0.5, 0.6) is 0 Å². The predicted octanol–water partition coefficient (Wildman–Crippen LogP) is 2.56. The summed E-state index contributed by atoms with van der Waals surface area (Å²) >= 11 is 0. The number of benzene rings is 2. The molecule has 1 aliphatic heterocycles. The number of sulfone groups is 1. The van der Waals surface area contributed by atoms with Crippen molar-refractivity contribution in [2.24, 2.45) is 0 Å². The van der Waals surface area contributed by atoms with Crippen molar-refractivity contribution in [1.82, 2.24) is 0 Å². The van der Waals surface area contributed by atoms with Crippen molar-refractivity contribution in [2.45, 2.75) is 19.6 Å². The summed E-state index contributed by atoms with van der Waals surface area (Å²) in [4.78, 5) is -2.46. The number of fused-ring (bicyclic) bond motifs is 2. The molecule has 0 saturated heterocycles. The van der Waals surface area contributed by atoms with E-state index in [9.17, 15) is 30.2 Å². The molecule has 0 unspecified atom stereocenters. The fourth-order valence-electron chi connectivity index (χ4n) is 1.97. The highest BCUT2D eigenvalue weighted by atomic mass is 32.2. The van der Waals surface area contributed by atoms with Gasteiger partial charge < -0.3 is 0 Å². The van der Waals surface area contributed by atoms with Crippen LogP contribution in [0.3, 0.4) is 0 Å². The number of rotatable bonds is 0. The Kier molecular flexibility index (Phi) is 2.96. The molecule has 0 N–H and O–H groups in total. The molecule has 0 bridgehead atoms. The van der Waals surface area contributed by atoms with Crippen molar-refractivity contribution in [1.29, 1.82) is 0 Å². The molecule has 1 aliphatic rings. The van der Waals surface area contributed by atoms with Crippen LogP contribution in [-0.4, -0.2) is 12.6 Å². The summed E-state index contributed by atoms with van der Waals surface area (Å²) in [7, 11) is -6.69. The molecule has 0 aromatic heterocycles. The molecule has 0 spiro atoms. The zero-order chi connectivity index (χ0) is 15.5. The topological polar surface area (TPSA) is 51.2 Å². The van der Waals surface area contributed by atoms with E-state index >= 15 is 0 Å². The third-order valence-electron chi connectivity index (χ3n) is 2.95. The molecular weight excluding hydrogens is 332 g/mol. The van der Waals surface area contributed by atoms with Crippen LogP contribution in [0, 0.1) is 23.3 Å². The van der Waals surface area contributed by atoms with Gasteiger partial charge in [0.1, 0.15) is 0 Å². The Morgan fingerprint density at radius 3 is 1.43 bits per heavy atom. The van der Waals surface area contributed by atoms with Gasteiger partial charge in [-0.3, -0.25) is 0 Å². The summed E-state index contributed by atoms with van der Waals surface area (Å²) in [5.74, 6) is -5.66. The predicted molar refractivity (Wildman–Crippen MR) is 62.8 cm³/mol. The first-order chi connectivity index (χ1) is 9.73. The molecule has 1 heterocycles. The quantitative estimate of drug-likeness (QED) is 0.468. The van der Waals surface area contributed by atoms with Gasteiger partial charge in [-0.25, -0.2) is 30.2 Å². The van der Waals surface area contributed by atoms with Crippen LogP contribution in [0.25, 0.3) is 0 Å². The van der Waals surface area contributed by atoms with E-state index in [0.717, 1.165) is 0 Å². The molecule has 21 heavy (non-hydrogen) atoms. The molecule has 110 valence electrons. The molecule has 0 atom stereocenters. The van der Waals surface area contributed by atoms with Crippen molar-refractivity contribution in [3.05, 3.63) is 47.5 Å². The van der Waals surface area contributed by atoms with Gasteiger partial charge in [-0.15, -0.1) is 0 Å². The van der Waals surface area contributed by atoms with Crippen LogP contribution >= 0.6 is 0 Å². The van der Waals surface area contributed by atoms with E-state index in [0.29, 0.717) is 24.3 Å². The highest BCUT2D eigenvalue weighted by Crippen LogP contribution is 2.39. The van der Waals surface area contributed by atoms with Crippen molar-refractivity contribution < 1.29 is 30.2 Å². The maximum Gasteiger partial charge on any atom is 0.209 e. The second-order valence-corrected chi connectivity index (χ2v) is 7.50. The van der Waals surface area contributed by atoms with Gasteiger partial charge in [0.05, 0.1) is 30.4 Å². The van der Waals surface area contributed by atoms with Crippen LogP contribution in [0.2, 0.25) is 0 Å². The van der Waals surface area contributed by atoms with Crippen molar-refractivity contribution >= 4 is 20.6 Å². The molecule has 0 amide bonds. The van der Waals surface area contributed by atoms with Gasteiger partial charge in [0.2, 0.25) is 9.84 Å². The fraction of sp³-hybridized carbons (Fsp3) is 0. The highest BCUT2D eigenvalue weighted by Gasteiger charge is 2.36. The largest absolute Gasteiger partial charge is 0.249 e. The summed E-state index contributed by atoms with van der Waals surface area (Å²) in [6.07, 6.45) is 0. The first kappa shape index (κ1) is 14.2. The monoisotopic (exact) mass is 336 g/mol. The Bertz CT molecular complexity index is 855. The lowest BCUT2D eigenvalue weighted by Crippen LogP contribution is -2.17. The van der Waals surface area contributed by atoms with E-state index in [-0.39, 0.29) is 0 Å². The van der Waals surface area contributed by atoms with Gasteiger partial charge in [0.15, 0.2) is 23.3 Å². The SMILES string of the molecule is O=S1c2cc(F)c(F)cc2S(=O)(=O)c2cc(F)c(F)cc21. The second kappa shape index (κ2) is 4.38. The summed E-state index contributed by atoms with van der Waals surface area (Å²) in [5.41, 5.74) is 0. The summed E-state index contributed by atoms with van der Waals surface area (Å²) < 4.78 is 89.6. The van der Waals surface area contributed by atoms with E-state index in [4.69, 9.17) is 0 Å². The van der Waals surface area contributed by atoms with Gasteiger partial charge in [0, 0.05) is 0 Å². The smallest absolute Gasteiger partial charge is 0.209 e. The average Bonchev–Trinajstić information content (AvgIpc) is 2.41. The van der Waals surface area contributed by atoms with Crippen LogP contribution in [0.1, 0.15) is 0 Å². The Balaban J connectivity index is 2.44. The van der Waals surface area contributed by atoms with Gasteiger partial charge in [-0.2, -0.15) is 0 Å². The van der Waals surface area contributed by atoms with E-state index < -0.39 is 63.5 Å². The zero-order valence-corrected chi connectivity index (χ0v) is 11.5. The Hall–Kier alpha value is -1.74. The van der Waals surface area contributed by atoms with E-state index in [2.05, 4.69) is 0 Å². The molecule has 0 saturated carbocycles. The molecule has 3 rings (SSSR count).